The van der Waals surface area contributed by atoms with Gasteiger partial charge in [0.15, 0.2) is 0 Å². The summed E-state index contributed by atoms with van der Waals surface area (Å²) in [5.74, 6) is 0.656. The van der Waals surface area contributed by atoms with Crippen molar-refractivity contribution in [2.75, 3.05) is 13.1 Å². The number of hydrogen-bond donors (Lipinski definition) is 1. The van der Waals surface area contributed by atoms with Crippen molar-refractivity contribution < 1.29 is 0 Å². The van der Waals surface area contributed by atoms with Crippen LogP contribution in [0.4, 0.5) is 0 Å². The molecule has 0 saturated carbocycles. The number of aromatic nitrogens is 1. The van der Waals surface area contributed by atoms with Crippen LogP contribution in [-0.2, 0) is 0 Å². The fraction of sp³-hybridized carbons (Fsp3) is 0.727. The number of nitrogens with two attached hydrogens (primary N) is 1. The van der Waals surface area contributed by atoms with Crippen LogP contribution in [0.5, 0.6) is 0 Å². The lowest BCUT2D eigenvalue weighted by Gasteiger charge is -2.38. The molecule has 0 aliphatic carbocycles. The number of nitrogens with zero attached hydrogens (tertiary/aromatic N) is 2. The summed E-state index contributed by atoms with van der Waals surface area (Å²) >= 11 is 1.66. The minimum Gasteiger partial charge on any atom is -0.326 e. The Morgan fingerprint density at radius 1 is 1.67 bits per heavy atom. The highest BCUT2D eigenvalue weighted by Gasteiger charge is 2.27. The molecular formula is C11H19N3S. The summed E-state index contributed by atoms with van der Waals surface area (Å²) in [5, 5.41) is 2.13. The summed E-state index contributed by atoms with van der Waals surface area (Å²) in [6.45, 7) is 6.61. The van der Waals surface area contributed by atoms with Gasteiger partial charge in [-0.25, -0.2) is 4.98 Å². The van der Waals surface area contributed by atoms with Crippen molar-refractivity contribution in [1.29, 1.82) is 0 Å². The van der Waals surface area contributed by atoms with Crippen LogP contribution in [0.2, 0.25) is 0 Å². The van der Waals surface area contributed by atoms with E-state index in [-0.39, 0.29) is 0 Å². The highest BCUT2D eigenvalue weighted by atomic mass is 32.1. The van der Waals surface area contributed by atoms with E-state index in [9.17, 15) is 0 Å². The van der Waals surface area contributed by atoms with E-state index in [4.69, 9.17) is 5.73 Å². The maximum Gasteiger partial charge on any atom is 0.0795 e. The first-order chi connectivity index (χ1) is 7.18. The van der Waals surface area contributed by atoms with Crippen LogP contribution in [0.25, 0.3) is 0 Å². The smallest absolute Gasteiger partial charge is 0.0795 e. The first-order valence-electron chi connectivity index (χ1n) is 5.56. The Balaban J connectivity index is 2.00. The molecule has 0 radical (unpaired) electrons. The number of thiazole rings is 1. The third kappa shape index (κ3) is 2.38. The third-order valence-electron chi connectivity index (χ3n) is 3.48. The molecule has 0 spiro atoms. The second kappa shape index (κ2) is 4.60. The zero-order chi connectivity index (χ0) is 10.8. The van der Waals surface area contributed by atoms with Crippen molar-refractivity contribution in [2.45, 2.75) is 32.4 Å². The molecule has 2 rings (SSSR count). The van der Waals surface area contributed by atoms with E-state index in [1.807, 2.05) is 5.51 Å². The van der Waals surface area contributed by atoms with Crippen molar-refractivity contribution in [2.24, 2.45) is 11.7 Å². The Bertz CT molecular complexity index is 299. The van der Waals surface area contributed by atoms with Crippen LogP contribution in [0.1, 0.15) is 32.0 Å². The fourth-order valence-corrected chi connectivity index (χ4v) is 2.73. The van der Waals surface area contributed by atoms with Crippen LogP contribution in [0.15, 0.2) is 10.9 Å². The van der Waals surface area contributed by atoms with Gasteiger partial charge in [0, 0.05) is 18.0 Å². The molecule has 2 heterocycles. The molecule has 1 aromatic heterocycles. The molecule has 2 N–H and O–H groups in total. The molecule has 3 atom stereocenters. The molecule has 15 heavy (non-hydrogen) atoms. The van der Waals surface area contributed by atoms with E-state index in [0.717, 1.165) is 13.1 Å². The van der Waals surface area contributed by atoms with Gasteiger partial charge < -0.3 is 5.73 Å². The summed E-state index contributed by atoms with van der Waals surface area (Å²) in [5.41, 5.74) is 9.18. The van der Waals surface area contributed by atoms with Crippen molar-refractivity contribution in [1.82, 2.24) is 9.88 Å². The van der Waals surface area contributed by atoms with Crippen molar-refractivity contribution >= 4 is 11.3 Å². The molecule has 0 bridgehead atoms. The molecule has 1 aliphatic rings. The van der Waals surface area contributed by atoms with Crippen molar-refractivity contribution in [3.8, 4) is 0 Å². The largest absolute Gasteiger partial charge is 0.326 e. The van der Waals surface area contributed by atoms with Crippen molar-refractivity contribution in [3.63, 3.8) is 0 Å². The quantitative estimate of drug-likeness (QED) is 0.835. The van der Waals surface area contributed by atoms with Gasteiger partial charge in [-0.05, 0) is 25.8 Å². The Hall–Kier alpha value is -0.450. The second-order valence-electron chi connectivity index (χ2n) is 4.51. The summed E-state index contributed by atoms with van der Waals surface area (Å²) in [6, 6.07) is 0.731. The van der Waals surface area contributed by atoms with E-state index in [2.05, 4.69) is 29.1 Å². The topological polar surface area (TPSA) is 42.2 Å². The van der Waals surface area contributed by atoms with Gasteiger partial charge in [0.25, 0.3) is 0 Å². The van der Waals surface area contributed by atoms with Crippen LogP contribution < -0.4 is 5.73 Å². The maximum atomic E-state index is 6.10. The molecule has 1 aromatic rings. The summed E-state index contributed by atoms with van der Waals surface area (Å²) in [7, 11) is 0. The SMILES string of the molecule is CC1CCN(C(C)c2cscn2)CC1N. The molecule has 1 saturated heterocycles. The Labute approximate surface area is 95.3 Å². The van der Waals surface area contributed by atoms with Gasteiger partial charge in [-0.3, -0.25) is 4.90 Å². The predicted molar refractivity (Wildman–Crippen MR) is 63.9 cm³/mol. The monoisotopic (exact) mass is 225 g/mol. The zero-order valence-electron chi connectivity index (χ0n) is 9.39. The molecule has 1 fully saturated rings. The third-order valence-corrected chi connectivity index (χ3v) is 4.08. The predicted octanol–water partition coefficient (Wildman–Crippen LogP) is 1.87. The first-order valence-corrected chi connectivity index (χ1v) is 6.50. The van der Waals surface area contributed by atoms with Gasteiger partial charge in [-0.15, -0.1) is 11.3 Å². The minimum absolute atomic E-state index is 0.319. The molecule has 1 aliphatic heterocycles. The Morgan fingerprint density at radius 3 is 3.07 bits per heavy atom. The standard InChI is InChI=1S/C11H19N3S/c1-8-3-4-14(5-10(8)12)9(2)11-6-15-7-13-11/h6-10H,3-5,12H2,1-2H3. The second-order valence-corrected chi connectivity index (χ2v) is 5.23. The van der Waals surface area contributed by atoms with Crippen LogP contribution in [0.3, 0.4) is 0 Å². The van der Waals surface area contributed by atoms with E-state index in [1.165, 1.54) is 12.1 Å². The van der Waals surface area contributed by atoms with Gasteiger partial charge in [-0.2, -0.15) is 0 Å². The number of likely N-dealkylation sites (tertiary alicyclic amines) is 1. The van der Waals surface area contributed by atoms with Crippen LogP contribution in [0, 0.1) is 5.92 Å². The molecule has 0 amide bonds. The average molecular weight is 225 g/mol. The minimum atomic E-state index is 0.319. The molecule has 84 valence electrons. The van der Waals surface area contributed by atoms with Crippen LogP contribution in [-0.4, -0.2) is 29.0 Å². The van der Waals surface area contributed by atoms with E-state index in [1.54, 1.807) is 11.3 Å². The van der Waals surface area contributed by atoms with E-state index < -0.39 is 0 Å². The Kier molecular flexibility index (Phi) is 3.38. The molecular weight excluding hydrogens is 206 g/mol. The summed E-state index contributed by atoms with van der Waals surface area (Å²) in [4.78, 5) is 6.82. The molecule has 3 nitrogen and oxygen atoms in total. The van der Waals surface area contributed by atoms with Gasteiger partial charge in [0.1, 0.15) is 0 Å². The van der Waals surface area contributed by atoms with Crippen LogP contribution >= 0.6 is 11.3 Å². The van der Waals surface area contributed by atoms with Gasteiger partial charge in [0.2, 0.25) is 0 Å². The van der Waals surface area contributed by atoms with Gasteiger partial charge in [0.05, 0.1) is 17.2 Å². The fourth-order valence-electron chi connectivity index (χ4n) is 2.09. The number of rotatable bonds is 2. The average Bonchev–Trinajstić information content (AvgIpc) is 2.74. The normalized spacial score (nSPS) is 30.3. The van der Waals surface area contributed by atoms with E-state index in [0.29, 0.717) is 18.0 Å². The zero-order valence-corrected chi connectivity index (χ0v) is 10.2. The summed E-state index contributed by atoms with van der Waals surface area (Å²) < 4.78 is 0. The molecule has 3 unspecified atom stereocenters. The van der Waals surface area contributed by atoms with Crippen molar-refractivity contribution in [3.05, 3.63) is 16.6 Å². The molecule has 0 aromatic carbocycles. The maximum absolute atomic E-state index is 6.10. The van der Waals surface area contributed by atoms with Gasteiger partial charge in [-0.1, -0.05) is 6.92 Å². The number of hydrogen-bond acceptors (Lipinski definition) is 4. The van der Waals surface area contributed by atoms with Gasteiger partial charge >= 0.3 is 0 Å². The molecule has 4 heteroatoms. The first kappa shape index (κ1) is 11.0. The summed E-state index contributed by atoms with van der Waals surface area (Å²) in [6.07, 6.45) is 1.20. The van der Waals surface area contributed by atoms with E-state index >= 15 is 0 Å². The highest BCUT2D eigenvalue weighted by molar-refractivity contribution is 7.07. The lowest BCUT2D eigenvalue weighted by Crippen LogP contribution is -2.48. The number of piperidine rings is 1. The lowest BCUT2D eigenvalue weighted by molar-refractivity contribution is 0.127. The lowest BCUT2D eigenvalue weighted by atomic mass is 9.93. The highest BCUT2D eigenvalue weighted by Crippen LogP contribution is 2.25. The Morgan fingerprint density at radius 2 is 2.47 bits per heavy atom.